The first kappa shape index (κ1) is 13.0. The van der Waals surface area contributed by atoms with Crippen LogP contribution < -0.4 is 0 Å². The molecular formula is C15H11N3O3. The van der Waals surface area contributed by atoms with Crippen LogP contribution in [-0.4, -0.2) is 26.2 Å². The van der Waals surface area contributed by atoms with Gasteiger partial charge in [-0.2, -0.15) is 4.98 Å². The van der Waals surface area contributed by atoms with E-state index in [0.29, 0.717) is 17.3 Å². The molecule has 0 fully saturated rings. The Morgan fingerprint density at radius 3 is 2.86 bits per heavy atom. The van der Waals surface area contributed by atoms with Crippen molar-refractivity contribution in [2.24, 2.45) is 0 Å². The van der Waals surface area contributed by atoms with E-state index in [1.807, 2.05) is 13.0 Å². The maximum atomic E-state index is 11.0. The van der Waals surface area contributed by atoms with Crippen LogP contribution in [0.15, 0.2) is 47.1 Å². The van der Waals surface area contributed by atoms with Gasteiger partial charge in [-0.1, -0.05) is 17.3 Å². The fraction of sp³-hybridized carbons (Fsp3) is 0.0667. The minimum absolute atomic E-state index is 0.177. The number of rotatable bonds is 3. The van der Waals surface area contributed by atoms with Gasteiger partial charge in [0.1, 0.15) is 0 Å². The first-order valence-electron chi connectivity index (χ1n) is 6.24. The van der Waals surface area contributed by atoms with Gasteiger partial charge >= 0.3 is 5.97 Å². The third kappa shape index (κ3) is 2.51. The van der Waals surface area contributed by atoms with Crippen molar-refractivity contribution in [1.82, 2.24) is 15.1 Å². The average molecular weight is 281 g/mol. The van der Waals surface area contributed by atoms with E-state index in [2.05, 4.69) is 15.1 Å². The summed E-state index contributed by atoms with van der Waals surface area (Å²) in [6.45, 7) is 1.85. The van der Waals surface area contributed by atoms with Gasteiger partial charge in [-0.25, -0.2) is 4.79 Å². The SMILES string of the molecule is Cc1ncccc1-c1nc(-c2cccc(C(=O)O)c2)no1. The summed E-state index contributed by atoms with van der Waals surface area (Å²) in [4.78, 5) is 19.5. The number of aromatic carboxylic acids is 1. The Hall–Kier alpha value is -3.02. The number of hydrogen-bond acceptors (Lipinski definition) is 5. The Morgan fingerprint density at radius 1 is 1.24 bits per heavy atom. The van der Waals surface area contributed by atoms with Crippen molar-refractivity contribution < 1.29 is 14.4 Å². The maximum Gasteiger partial charge on any atom is 0.335 e. The number of carboxylic acid groups (broad SMARTS) is 1. The number of hydrogen-bond donors (Lipinski definition) is 1. The lowest BCUT2D eigenvalue weighted by molar-refractivity contribution is 0.0697. The van der Waals surface area contributed by atoms with Crippen molar-refractivity contribution in [2.45, 2.75) is 6.92 Å². The summed E-state index contributed by atoms with van der Waals surface area (Å²) in [5.74, 6) is -0.295. The largest absolute Gasteiger partial charge is 0.478 e. The van der Waals surface area contributed by atoms with Crippen molar-refractivity contribution in [3.8, 4) is 22.8 Å². The van der Waals surface area contributed by atoms with Gasteiger partial charge in [-0.05, 0) is 31.2 Å². The summed E-state index contributed by atoms with van der Waals surface area (Å²) in [5, 5.41) is 12.9. The highest BCUT2D eigenvalue weighted by Crippen LogP contribution is 2.24. The van der Waals surface area contributed by atoms with Crippen LogP contribution in [0.1, 0.15) is 16.1 Å². The van der Waals surface area contributed by atoms with Crippen molar-refractivity contribution >= 4 is 5.97 Å². The Balaban J connectivity index is 2.01. The second kappa shape index (κ2) is 5.16. The molecule has 6 heteroatoms. The van der Waals surface area contributed by atoms with Crippen LogP contribution in [0.5, 0.6) is 0 Å². The number of benzene rings is 1. The predicted octanol–water partition coefficient (Wildman–Crippen LogP) is 2.81. The lowest BCUT2D eigenvalue weighted by Gasteiger charge is -1.98. The van der Waals surface area contributed by atoms with Crippen molar-refractivity contribution in [2.75, 3.05) is 0 Å². The molecule has 6 nitrogen and oxygen atoms in total. The molecule has 0 atom stereocenters. The minimum Gasteiger partial charge on any atom is -0.478 e. The summed E-state index contributed by atoms with van der Waals surface area (Å²) in [6.07, 6.45) is 1.69. The Morgan fingerprint density at radius 2 is 2.10 bits per heavy atom. The van der Waals surface area contributed by atoms with Crippen LogP contribution in [0.3, 0.4) is 0 Å². The average Bonchev–Trinajstić information content (AvgIpc) is 2.97. The lowest BCUT2D eigenvalue weighted by Crippen LogP contribution is -1.96. The number of aryl methyl sites for hydroxylation is 1. The monoisotopic (exact) mass is 281 g/mol. The summed E-state index contributed by atoms with van der Waals surface area (Å²) < 4.78 is 5.24. The van der Waals surface area contributed by atoms with Crippen LogP contribution in [0.2, 0.25) is 0 Å². The molecule has 1 aromatic carbocycles. The molecule has 0 aliphatic carbocycles. The van der Waals surface area contributed by atoms with Crippen molar-refractivity contribution in [3.05, 3.63) is 53.9 Å². The molecule has 3 aromatic rings. The zero-order valence-corrected chi connectivity index (χ0v) is 11.1. The molecule has 2 aromatic heterocycles. The molecule has 0 aliphatic heterocycles. The quantitative estimate of drug-likeness (QED) is 0.794. The van der Waals surface area contributed by atoms with Crippen LogP contribution in [0.25, 0.3) is 22.8 Å². The molecule has 21 heavy (non-hydrogen) atoms. The van der Waals surface area contributed by atoms with Crippen LogP contribution in [-0.2, 0) is 0 Å². The number of pyridine rings is 1. The summed E-state index contributed by atoms with van der Waals surface area (Å²) in [5.41, 5.74) is 2.31. The van der Waals surface area contributed by atoms with Gasteiger partial charge in [-0.15, -0.1) is 0 Å². The van der Waals surface area contributed by atoms with Gasteiger partial charge in [0.2, 0.25) is 5.82 Å². The van der Waals surface area contributed by atoms with E-state index in [1.165, 1.54) is 12.1 Å². The van der Waals surface area contributed by atoms with Gasteiger partial charge in [-0.3, -0.25) is 4.98 Å². The van der Waals surface area contributed by atoms with Gasteiger partial charge in [0, 0.05) is 17.5 Å². The van der Waals surface area contributed by atoms with E-state index < -0.39 is 5.97 Å². The molecule has 104 valence electrons. The molecule has 2 heterocycles. The van der Waals surface area contributed by atoms with Gasteiger partial charge in [0.25, 0.3) is 5.89 Å². The Kier molecular flexibility index (Phi) is 3.19. The van der Waals surface area contributed by atoms with Crippen LogP contribution in [0, 0.1) is 6.92 Å². The maximum absolute atomic E-state index is 11.0. The third-order valence-electron chi connectivity index (χ3n) is 3.03. The Labute approximate surface area is 120 Å². The number of carboxylic acids is 1. The molecule has 0 spiro atoms. The summed E-state index contributed by atoms with van der Waals surface area (Å²) >= 11 is 0. The molecule has 0 unspecified atom stereocenters. The van der Waals surface area contributed by atoms with Crippen LogP contribution in [0.4, 0.5) is 0 Å². The normalized spacial score (nSPS) is 10.5. The molecule has 0 saturated heterocycles. The molecular weight excluding hydrogens is 270 g/mol. The molecule has 0 bridgehead atoms. The first-order chi connectivity index (χ1) is 10.1. The predicted molar refractivity (Wildman–Crippen MR) is 74.7 cm³/mol. The van der Waals surface area contributed by atoms with Gasteiger partial charge in [0.05, 0.1) is 11.1 Å². The lowest BCUT2D eigenvalue weighted by atomic mass is 10.1. The van der Waals surface area contributed by atoms with Gasteiger partial charge in [0.15, 0.2) is 0 Å². The molecule has 0 aliphatic rings. The Bertz CT molecular complexity index is 811. The highest BCUT2D eigenvalue weighted by atomic mass is 16.5. The van der Waals surface area contributed by atoms with E-state index in [-0.39, 0.29) is 5.56 Å². The van der Waals surface area contributed by atoms with Crippen LogP contribution >= 0.6 is 0 Å². The molecule has 1 N–H and O–H groups in total. The highest BCUT2D eigenvalue weighted by molar-refractivity contribution is 5.89. The van der Waals surface area contributed by atoms with Crippen molar-refractivity contribution in [1.29, 1.82) is 0 Å². The smallest absolute Gasteiger partial charge is 0.335 e. The zero-order valence-electron chi connectivity index (χ0n) is 11.1. The van der Waals surface area contributed by atoms with Crippen molar-refractivity contribution in [3.63, 3.8) is 0 Å². The van der Waals surface area contributed by atoms with E-state index in [0.717, 1.165) is 11.3 Å². The second-order valence-corrected chi connectivity index (χ2v) is 4.45. The van der Waals surface area contributed by atoms with E-state index in [1.54, 1.807) is 24.4 Å². The van der Waals surface area contributed by atoms with Gasteiger partial charge < -0.3 is 9.63 Å². The summed E-state index contributed by atoms with van der Waals surface area (Å²) in [7, 11) is 0. The fourth-order valence-electron chi connectivity index (χ4n) is 1.95. The first-order valence-corrected chi connectivity index (χ1v) is 6.24. The van der Waals surface area contributed by atoms with E-state index in [9.17, 15) is 4.79 Å². The standard InChI is InChI=1S/C15H11N3O3/c1-9-12(6-3-7-16-9)14-17-13(18-21-14)10-4-2-5-11(8-10)15(19)20/h2-8H,1H3,(H,19,20). The number of nitrogens with zero attached hydrogens (tertiary/aromatic N) is 3. The fourth-order valence-corrected chi connectivity index (χ4v) is 1.95. The van der Waals surface area contributed by atoms with E-state index in [4.69, 9.17) is 9.63 Å². The molecule has 3 rings (SSSR count). The highest BCUT2D eigenvalue weighted by Gasteiger charge is 2.14. The minimum atomic E-state index is -0.997. The summed E-state index contributed by atoms with van der Waals surface area (Å²) in [6, 6.07) is 10.0. The topological polar surface area (TPSA) is 89.1 Å². The molecule has 0 radical (unpaired) electrons. The number of aromatic nitrogens is 3. The second-order valence-electron chi connectivity index (χ2n) is 4.45. The molecule has 0 amide bonds. The number of carbonyl (C=O) groups is 1. The third-order valence-corrected chi connectivity index (χ3v) is 3.03. The van der Waals surface area contributed by atoms with E-state index >= 15 is 0 Å². The zero-order chi connectivity index (χ0) is 14.8. The molecule has 0 saturated carbocycles.